The molecular formula is C9H18BN4. The maximum Gasteiger partial charge on any atom is 0.309 e. The van der Waals surface area contributed by atoms with Crippen LogP contribution < -0.4 is 16.4 Å². The van der Waals surface area contributed by atoms with Crippen molar-refractivity contribution in [2.24, 2.45) is 17.2 Å². The second-order valence-electron chi connectivity index (χ2n) is 3.99. The van der Waals surface area contributed by atoms with Gasteiger partial charge in [0.25, 0.3) is 7.12 Å². The number of nitrogens with zero attached hydrogens (tertiary/aromatic N) is 2. The van der Waals surface area contributed by atoms with Crippen LogP contribution in [-0.4, -0.2) is 17.7 Å². The van der Waals surface area contributed by atoms with E-state index in [9.17, 15) is 0 Å². The number of allylic oxidation sites excluding steroid dienone is 3. The SMILES string of the molecule is C=C(C)C1=[N+]N([BH-](N)N)C(C(C)C)=C1. The molecule has 0 amide bonds. The number of hydrogen-bond donors (Lipinski definition) is 2. The fourth-order valence-electron chi connectivity index (χ4n) is 1.40. The molecule has 1 aliphatic rings. The first-order chi connectivity index (χ1) is 6.43. The molecule has 0 bridgehead atoms. The van der Waals surface area contributed by atoms with Crippen LogP contribution in [-0.2, 0) is 0 Å². The van der Waals surface area contributed by atoms with Crippen LogP contribution in [0.1, 0.15) is 20.8 Å². The minimum Gasteiger partial charge on any atom is -0.469 e. The summed E-state index contributed by atoms with van der Waals surface area (Å²) in [6.07, 6.45) is 2.01. The van der Waals surface area contributed by atoms with Gasteiger partial charge < -0.3 is 11.3 Å². The van der Waals surface area contributed by atoms with E-state index < -0.39 is 7.12 Å². The van der Waals surface area contributed by atoms with E-state index >= 15 is 0 Å². The molecule has 1 aliphatic heterocycles. The van der Waals surface area contributed by atoms with Crippen LogP contribution in [0, 0.1) is 5.92 Å². The summed E-state index contributed by atoms with van der Waals surface area (Å²) in [7, 11) is -1.36. The van der Waals surface area contributed by atoms with Crippen LogP contribution in [0.5, 0.6) is 0 Å². The standard InChI is InChI=1S/C9H18BN4/c1-6(2)8-5-9(7(3)4)14(13-8)10(11)12/h5,7,10H,1,11-12H2,2-4H3. The molecule has 4 N–H and O–H groups in total. The van der Waals surface area contributed by atoms with Crippen molar-refractivity contribution in [2.45, 2.75) is 20.8 Å². The van der Waals surface area contributed by atoms with E-state index in [0.29, 0.717) is 5.92 Å². The Morgan fingerprint density at radius 1 is 1.57 bits per heavy atom. The summed E-state index contributed by atoms with van der Waals surface area (Å²) in [5.74, 6) is 0.373. The van der Waals surface area contributed by atoms with Gasteiger partial charge in [-0.1, -0.05) is 20.4 Å². The van der Waals surface area contributed by atoms with Gasteiger partial charge in [0.05, 0.1) is 0 Å². The van der Waals surface area contributed by atoms with Crippen molar-refractivity contribution in [3.8, 4) is 0 Å². The van der Waals surface area contributed by atoms with E-state index in [1.807, 2.05) is 13.0 Å². The van der Waals surface area contributed by atoms with Crippen molar-refractivity contribution in [1.82, 2.24) is 10.0 Å². The van der Waals surface area contributed by atoms with E-state index in [1.54, 1.807) is 4.92 Å². The summed E-state index contributed by atoms with van der Waals surface area (Å²) in [6.45, 7) is 9.96. The molecule has 4 nitrogen and oxygen atoms in total. The molecule has 0 unspecified atom stereocenters. The van der Waals surface area contributed by atoms with Crippen molar-refractivity contribution in [3.05, 3.63) is 23.9 Å². The average Bonchev–Trinajstić information content (AvgIpc) is 2.47. The maximum atomic E-state index is 5.70. The molecule has 0 aromatic heterocycles. The smallest absolute Gasteiger partial charge is 0.309 e. The highest BCUT2D eigenvalue weighted by molar-refractivity contribution is 6.49. The van der Waals surface area contributed by atoms with E-state index in [0.717, 1.165) is 17.0 Å². The van der Waals surface area contributed by atoms with Crippen molar-refractivity contribution >= 4 is 12.8 Å². The third kappa shape index (κ3) is 2.05. The van der Waals surface area contributed by atoms with Gasteiger partial charge in [0.15, 0.2) is 0 Å². The fraction of sp³-hybridized carbons (Fsp3) is 0.444. The van der Waals surface area contributed by atoms with Gasteiger partial charge in [-0.05, 0) is 12.8 Å². The predicted octanol–water partition coefficient (Wildman–Crippen LogP) is -0.256. The minimum absolute atomic E-state index is 0.373. The molecule has 77 valence electrons. The van der Waals surface area contributed by atoms with Crippen LogP contribution >= 0.6 is 0 Å². The molecule has 0 aromatic carbocycles. The summed E-state index contributed by atoms with van der Waals surface area (Å²) in [5, 5.41) is 4.33. The van der Waals surface area contributed by atoms with E-state index in [-0.39, 0.29) is 0 Å². The van der Waals surface area contributed by atoms with Crippen LogP contribution in [0.15, 0.2) is 23.9 Å². The van der Waals surface area contributed by atoms with Crippen molar-refractivity contribution < 1.29 is 0 Å². The summed E-state index contributed by atoms with van der Waals surface area (Å²) < 4.78 is 0. The molecule has 1 radical (unpaired) electrons. The maximum absolute atomic E-state index is 5.70. The van der Waals surface area contributed by atoms with Crippen molar-refractivity contribution in [2.75, 3.05) is 0 Å². The molecule has 0 saturated heterocycles. The molecule has 0 aromatic rings. The molecule has 0 spiro atoms. The Labute approximate surface area is 85.5 Å². The lowest BCUT2D eigenvalue weighted by molar-refractivity contribution is 0.454. The predicted molar refractivity (Wildman–Crippen MR) is 62.2 cm³/mol. The lowest BCUT2D eigenvalue weighted by Gasteiger charge is -2.21. The third-order valence-electron chi connectivity index (χ3n) is 2.19. The van der Waals surface area contributed by atoms with Gasteiger partial charge in [0.1, 0.15) is 5.10 Å². The van der Waals surface area contributed by atoms with Gasteiger partial charge in [0.2, 0.25) is 0 Å². The second-order valence-corrected chi connectivity index (χ2v) is 3.99. The van der Waals surface area contributed by atoms with E-state index in [4.69, 9.17) is 11.3 Å². The Balaban J connectivity index is 2.97. The molecule has 5 heteroatoms. The Hall–Kier alpha value is -1.07. The highest BCUT2D eigenvalue weighted by atomic mass is 15.5. The first-order valence-electron chi connectivity index (χ1n) is 4.90. The van der Waals surface area contributed by atoms with Crippen LogP contribution in [0.25, 0.3) is 0 Å². The van der Waals surface area contributed by atoms with Gasteiger partial charge in [-0.25, -0.2) is 4.92 Å². The van der Waals surface area contributed by atoms with Crippen molar-refractivity contribution in [1.29, 1.82) is 0 Å². The lowest BCUT2D eigenvalue weighted by atomic mass is 9.94. The fourth-order valence-corrected chi connectivity index (χ4v) is 1.40. The van der Waals surface area contributed by atoms with Gasteiger partial charge in [-0.2, -0.15) is 0 Å². The lowest BCUT2D eigenvalue weighted by Crippen LogP contribution is -2.54. The topological polar surface area (TPSA) is 69.4 Å². The molecule has 0 atom stereocenters. The molecule has 0 saturated carbocycles. The van der Waals surface area contributed by atoms with Crippen LogP contribution in [0.2, 0.25) is 0 Å². The molecule has 0 aliphatic carbocycles. The van der Waals surface area contributed by atoms with E-state index in [2.05, 4.69) is 25.5 Å². The Kier molecular flexibility index (Phi) is 3.13. The minimum atomic E-state index is -1.36. The Bertz CT molecular complexity index is 304. The Morgan fingerprint density at radius 3 is 2.43 bits per heavy atom. The van der Waals surface area contributed by atoms with Gasteiger partial charge in [-0.3, -0.25) is 0 Å². The average molecular weight is 193 g/mol. The quantitative estimate of drug-likeness (QED) is 0.607. The zero-order chi connectivity index (χ0) is 10.9. The zero-order valence-corrected chi connectivity index (χ0v) is 9.12. The summed E-state index contributed by atoms with van der Waals surface area (Å²) in [5.41, 5.74) is 14.3. The van der Waals surface area contributed by atoms with Crippen molar-refractivity contribution in [3.63, 3.8) is 0 Å². The number of hydrazone groups is 1. The number of nitrogens with two attached hydrogens (primary N) is 2. The van der Waals surface area contributed by atoms with Gasteiger partial charge in [0, 0.05) is 17.3 Å². The monoisotopic (exact) mass is 193 g/mol. The molecule has 0 fully saturated rings. The largest absolute Gasteiger partial charge is 0.469 e. The first kappa shape index (κ1) is 11.0. The van der Waals surface area contributed by atoms with E-state index in [1.165, 1.54) is 0 Å². The second kappa shape index (κ2) is 3.98. The normalized spacial score (nSPS) is 16.4. The first-order valence-corrected chi connectivity index (χ1v) is 4.90. The number of hydrogen-bond acceptors (Lipinski definition) is 4. The molecule has 1 heterocycles. The molecule has 1 rings (SSSR count). The third-order valence-corrected chi connectivity index (χ3v) is 2.19. The zero-order valence-electron chi connectivity index (χ0n) is 9.12. The van der Waals surface area contributed by atoms with Crippen LogP contribution in [0.4, 0.5) is 0 Å². The molecular weight excluding hydrogens is 175 g/mol. The highest BCUT2D eigenvalue weighted by Crippen LogP contribution is 2.18. The van der Waals surface area contributed by atoms with Gasteiger partial charge in [-0.15, -0.1) is 0 Å². The summed E-state index contributed by atoms with van der Waals surface area (Å²) in [4.78, 5) is 1.73. The summed E-state index contributed by atoms with van der Waals surface area (Å²) >= 11 is 0. The van der Waals surface area contributed by atoms with Crippen LogP contribution in [0.3, 0.4) is 0 Å². The van der Waals surface area contributed by atoms with Gasteiger partial charge >= 0.3 is 5.71 Å². The highest BCUT2D eigenvalue weighted by Gasteiger charge is 2.30. The molecule has 14 heavy (non-hydrogen) atoms. The Morgan fingerprint density at radius 2 is 2.14 bits per heavy atom. The number of rotatable bonds is 3. The summed E-state index contributed by atoms with van der Waals surface area (Å²) in [6, 6.07) is 0.